The van der Waals surface area contributed by atoms with E-state index in [0.29, 0.717) is 11.1 Å². The molecule has 0 aliphatic carbocycles. The molecule has 0 aliphatic rings. The molecular weight excluding hydrogens is 526 g/mol. The number of hydrogen-bond donors (Lipinski definition) is 4. The highest BCUT2D eigenvalue weighted by molar-refractivity contribution is 7.89. The van der Waals surface area contributed by atoms with Crippen LogP contribution in [0.3, 0.4) is 0 Å². The van der Waals surface area contributed by atoms with Crippen molar-refractivity contribution >= 4 is 34.4 Å². The number of rotatable bonds is 8. The van der Waals surface area contributed by atoms with Crippen LogP contribution in [0.25, 0.3) is 0 Å². The summed E-state index contributed by atoms with van der Waals surface area (Å²) in [7, 11) is -4.23. The lowest BCUT2D eigenvalue weighted by atomic mass is 10.0. The van der Waals surface area contributed by atoms with Gasteiger partial charge in [-0.05, 0) is 66.1 Å². The number of nitrogens with one attached hydrogen (secondary N) is 2. The first-order valence-electron chi connectivity index (χ1n) is 10.0. The molecule has 14 heteroatoms. The number of carbonyl (C=O) groups excluding carboxylic acids is 1. The third-order valence-electron chi connectivity index (χ3n) is 4.67. The van der Waals surface area contributed by atoms with Crippen molar-refractivity contribution in [1.82, 2.24) is 10.3 Å². The van der Waals surface area contributed by atoms with E-state index in [2.05, 4.69) is 17.4 Å². The van der Waals surface area contributed by atoms with Gasteiger partial charge in [0, 0.05) is 5.25 Å². The number of alkyl halides is 3. The van der Waals surface area contributed by atoms with E-state index in [4.69, 9.17) is 0 Å². The second-order valence-corrected chi connectivity index (χ2v) is 9.62. The van der Waals surface area contributed by atoms with Crippen LogP contribution in [-0.4, -0.2) is 26.0 Å². The average Bonchev–Trinajstić information content (AvgIpc) is 2.81. The molecule has 0 bridgehead atoms. The summed E-state index contributed by atoms with van der Waals surface area (Å²) in [4.78, 5) is 13.7. The van der Waals surface area contributed by atoms with Crippen LogP contribution in [0, 0.1) is 5.82 Å². The average molecular weight is 546 g/mol. The van der Waals surface area contributed by atoms with Crippen LogP contribution in [0.1, 0.15) is 16.4 Å². The summed E-state index contributed by atoms with van der Waals surface area (Å²) >= 11 is 4.43. The molecular formula is C22H19F4N3O5S2. The third kappa shape index (κ3) is 7.58. The number of carbonyl (C=O) groups is 1. The van der Waals surface area contributed by atoms with E-state index in [0.717, 1.165) is 30.3 Å². The Hall–Kier alpha value is -3.33. The number of hydrazine groups is 1. The van der Waals surface area contributed by atoms with Crippen LogP contribution in [-0.2, 0) is 16.4 Å². The molecule has 8 nitrogen and oxygen atoms in total. The highest BCUT2D eigenvalue weighted by Gasteiger charge is 2.31. The molecule has 36 heavy (non-hydrogen) atoms. The van der Waals surface area contributed by atoms with Gasteiger partial charge in [0.15, 0.2) is 0 Å². The summed E-state index contributed by atoms with van der Waals surface area (Å²) in [6.45, 7) is 0. The van der Waals surface area contributed by atoms with Crippen LogP contribution in [0.5, 0.6) is 5.75 Å². The molecule has 2 amide bonds. The van der Waals surface area contributed by atoms with Gasteiger partial charge in [0.25, 0.3) is 10.0 Å². The summed E-state index contributed by atoms with van der Waals surface area (Å²) in [5.74, 6) is -1.04. The van der Waals surface area contributed by atoms with Crippen molar-refractivity contribution in [3.8, 4) is 5.75 Å². The fraction of sp³-hybridized carbons (Fsp3) is 0.136. The van der Waals surface area contributed by atoms with Crippen molar-refractivity contribution in [1.29, 1.82) is 0 Å². The summed E-state index contributed by atoms with van der Waals surface area (Å²) in [5, 5.41) is 9.81. The van der Waals surface area contributed by atoms with E-state index in [-0.39, 0.29) is 22.1 Å². The van der Waals surface area contributed by atoms with Gasteiger partial charge >= 0.3 is 12.4 Å². The Balaban J connectivity index is 1.65. The van der Waals surface area contributed by atoms with Crippen molar-refractivity contribution < 1.29 is 40.7 Å². The number of benzene rings is 3. The summed E-state index contributed by atoms with van der Waals surface area (Å²) in [6, 6.07) is 13.8. The molecule has 3 aromatic rings. The Morgan fingerprint density at radius 2 is 1.72 bits per heavy atom. The van der Waals surface area contributed by atoms with Gasteiger partial charge in [0.2, 0.25) is 0 Å². The molecule has 0 fully saturated rings. The summed E-state index contributed by atoms with van der Waals surface area (Å²) < 4.78 is 78.7. The fourth-order valence-corrected chi connectivity index (χ4v) is 4.23. The predicted molar refractivity (Wildman–Crippen MR) is 125 cm³/mol. The minimum atomic E-state index is -4.84. The molecule has 3 N–H and O–H groups in total. The number of sulfonamides is 1. The second-order valence-electron chi connectivity index (χ2n) is 7.31. The molecule has 0 heterocycles. The number of urea groups is 1. The lowest BCUT2D eigenvalue weighted by Crippen LogP contribution is -2.47. The monoisotopic (exact) mass is 545 g/mol. The number of hydroxylamine groups is 1. The normalized spacial score (nSPS) is 12.6. The molecule has 0 spiro atoms. The van der Waals surface area contributed by atoms with Crippen molar-refractivity contribution in [3.05, 3.63) is 89.7 Å². The van der Waals surface area contributed by atoms with Crippen molar-refractivity contribution in [2.45, 2.75) is 22.9 Å². The number of halogens is 4. The lowest BCUT2D eigenvalue weighted by molar-refractivity contribution is -0.274. The van der Waals surface area contributed by atoms with E-state index in [1.54, 1.807) is 17.0 Å². The Labute approximate surface area is 208 Å². The van der Waals surface area contributed by atoms with Crippen molar-refractivity contribution in [3.63, 3.8) is 0 Å². The third-order valence-corrected chi connectivity index (χ3v) is 6.41. The predicted octanol–water partition coefficient (Wildman–Crippen LogP) is 4.74. The largest absolute Gasteiger partial charge is 0.573 e. The first-order valence-corrected chi connectivity index (χ1v) is 12.0. The van der Waals surface area contributed by atoms with Gasteiger partial charge < -0.3 is 4.74 Å². The highest BCUT2D eigenvalue weighted by atomic mass is 32.2. The maximum atomic E-state index is 13.0. The van der Waals surface area contributed by atoms with Crippen LogP contribution in [0.4, 0.5) is 28.0 Å². The lowest BCUT2D eigenvalue weighted by Gasteiger charge is -2.18. The molecule has 0 saturated heterocycles. The zero-order valence-electron chi connectivity index (χ0n) is 18.1. The Morgan fingerprint density at radius 1 is 1.06 bits per heavy atom. The van der Waals surface area contributed by atoms with E-state index >= 15 is 0 Å². The zero-order valence-corrected chi connectivity index (χ0v) is 19.8. The number of thiol groups is 1. The topological polar surface area (TPSA) is 108 Å². The maximum absolute atomic E-state index is 13.0. The van der Waals surface area contributed by atoms with Crippen LogP contribution in [0.15, 0.2) is 77.7 Å². The Bertz CT molecular complexity index is 1320. The van der Waals surface area contributed by atoms with Gasteiger partial charge in [0.05, 0.1) is 10.6 Å². The second kappa shape index (κ2) is 11.2. The van der Waals surface area contributed by atoms with Crippen LogP contribution in [0.2, 0.25) is 0 Å². The smallest absolute Gasteiger partial charge is 0.406 e. The molecule has 1 unspecified atom stereocenters. The van der Waals surface area contributed by atoms with Gasteiger partial charge in [-0.15, -0.1) is 18.0 Å². The van der Waals surface area contributed by atoms with E-state index in [1.165, 1.54) is 30.3 Å². The Morgan fingerprint density at radius 3 is 2.39 bits per heavy atom. The number of ether oxygens (including phenoxy) is 1. The van der Waals surface area contributed by atoms with Gasteiger partial charge in [0.1, 0.15) is 11.6 Å². The molecule has 3 aromatic carbocycles. The minimum absolute atomic E-state index is 0.0272. The molecule has 192 valence electrons. The number of hydrogen-bond acceptors (Lipinski definition) is 6. The molecule has 0 aromatic heterocycles. The van der Waals surface area contributed by atoms with E-state index in [1.807, 2.05) is 5.43 Å². The quantitative estimate of drug-likeness (QED) is 0.142. The number of amides is 2. The molecule has 0 saturated carbocycles. The van der Waals surface area contributed by atoms with Crippen LogP contribution < -0.4 is 20.1 Å². The van der Waals surface area contributed by atoms with Gasteiger partial charge in [-0.1, -0.05) is 24.3 Å². The molecule has 0 radical (unpaired) electrons. The van der Waals surface area contributed by atoms with Crippen molar-refractivity contribution in [2.24, 2.45) is 0 Å². The molecule has 1 atom stereocenters. The standard InChI is InChI=1S/C22H19F4N3O5S2/c23-16-7-9-19(10-8-16)36(32,33)28-27-21(30)29(31)17-5-1-3-14(11-17)12-20(35)15-4-2-6-18(13-15)34-22(24,25)26/h1-11,13,20,28,31,35H,12H2,(H,27,30). The van der Waals surface area contributed by atoms with Gasteiger partial charge in [-0.25, -0.2) is 17.6 Å². The first kappa shape index (κ1) is 27.3. The Kier molecular flexibility index (Phi) is 8.45. The van der Waals surface area contributed by atoms with E-state index in [9.17, 15) is 36.0 Å². The fourth-order valence-electron chi connectivity index (χ4n) is 3.03. The van der Waals surface area contributed by atoms with Gasteiger partial charge in [-0.2, -0.15) is 17.7 Å². The zero-order chi connectivity index (χ0) is 26.5. The maximum Gasteiger partial charge on any atom is 0.573 e. The van der Waals surface area contributed by atoms with Crippen LogP contribution >= 0.6 is 12.6 Å². The highest BCUT2D eigenvalue weighted by Crippen LogP contribution is 2.30. The number of nitrogens with zero attached hydrogens (tertiary/aromatic N) is 1. The number of anilines is 1. The first-order chi connectivity index (χ1) is 16.8. The van der Waals surface area contributed by atoms with Crippen molar-refractivity contribution in [2.75, 3.05) is 5.06 Å². The SMILES string of the molecule is O=C(NNS(=O)(=O)c1ccc(F)cc1)N(O)c1cccc(CC(S)c2cccc(OC(F)(F)F)c2)c1. The summed E-state index contributed by atoms with van der Waals surface area (Å²) in [5.41, 5.74) is 2.81. The van der Waals surface area contributed by atoms with E-state index < -0.39 is 39.2 Å². The molecule has 3 rings (SSSR count). The minimum Gasteiger partial charge on any atom is -0.406 e. The van der Waals surface area contributed by atoms with Gasteiger partial charge in [-0.3, -0.25) is 10.6 Å². The molecule has 0 aliphatic heterocycles. The summed E-state index contributed by atoms with van der Waals surface area (Å²) in [6.07, 6.45) is -4.63.